The summed E-state index contributed by atoms with van der Waals surface area (Å²) in [6, 6.07) is 54.9. The predicted molar refractivity (Wildman–Crippen MR) is 325 cm³/mol. The summed E-state index contributed by atoms with van der Waals surface area (Å²) in [7, 11) is -2.45. The Bertz CT molecular complexity index is 3040. The van der Waals surface area contributed by atoms with Gasteiger partial charge in [-0.25, -0.2) is 0 Å². The smallest absolute Gasteiger partial charge is 0.261 e. The van der Waals surface area contributed by atoms with E-state index in [1.54, 1.807) is 14.2 Å². The van der Waals surface area contributed by atoms with Crippen LogP contribution in [0.1, 0.15) is 101 Å². The Morgan fingerprint density at radius 3 is 1.22 bits per heavy atom. The molecule has 0 bridgehead atoms. The number of methoxy groups -OCH3 is 2. The Kier molecular flexibility index (Phi) is 19.6. The first-order valence-electron chi connectivity index (χ1n) is 27.6. The molecule has 0 aromatic heterocycles. The van der Waals surface area contributed by atoms with Gasteiger partial charge in [0.15, 0.2) is 36.6 Å². The van der Waals surface area contributed by atoms with Crippen LogP contribution >= 0.6 is 0 Å². The molecular formula is C66H82N2O11Si2. The first-order chi connectivity index (χ1) is 38.8. The van der Waals surface area contributed by atoms with Gasteiger partial charge in [0, 0.05) is 36.5 Å². The van der Waals surface area contributed by atoms with Crippen LogP contribution in [0.2, 0.25) is 10.1 Å². The number of nitrogens with two attached hydrogens (primary N) is 1. The van der Waals surface area contributed by atoms with Crippen molar-refractivity contribution in [1.29, 1.82) is 0 Å². The number of benzene rings is 7. The van der Waals surface area contributed by atoms with E-state index in [9.17, 15) is 5.11 Å². The van der Waals surface area contributed by atoms with Gasteiger partial charge in [-0.1, -0.05) is 193 Å². The Morgan fingerprint density at radius 2 is 0.852 bits per heavy atom. The first kappa shape index (κ1) is 60.6. The van der Waals surface area contributed by atoms with E-state index < -0.39 is 40.4 Å². The van der Waals surface area contributed by atoms with Gasteiger partial charge in [-0.05, 0) is 76.2 Å². The van der Waals surface area contributed by atoms with E-state index in [1.165, 1.54) is 20.7 Å². The standard InChI is InChI=1S/C38H47NO6Si.C28H35NO5Si/c1-27-33(42-25-41-7)23-31(35-34(27)43-26-44-35)32(39-36(38(5,6)40)28-17-11-8-12-18-28)24-45-46(37(2,3)4,29-19-13-9-14-20-29)30-21-15-10-16-22-30;1-20-25(31-18-30-5)16-23(27-26(20)32-19-33-27)24(29)17-34-35(28(2,3)4,21-12-8-6-9-13-21)22-14-10-7-11-15-22/h8-23,32,36,39-40H,24-26H2,1-7H3;6-16,24H,17-19,29H2,1-5H3/t32?,36-;/m1./s1. The Hall–Kier alpha value is -6.51. The molecule has 0 aliphatic carbocycles. The average molecular weight is 1140 g/mol. The van der Waals surface area contributed by atoms with Crippen LogP contribution in [-0.2, 0) is 18.3 Å². The van der Waals surface area contributed by atoms with E-state index >= 15 is 0 Å². The molecule has 2 heterocycles. The van der Waals surface area contributed by atoms with Crippen LogP contribution in [0.15, 0.2) is 164 Å². The fraction of sp³-hybridized carbons (Fsp3) is 0.364. The van der Waals surface area contributed by atoms with Crippen LogP contribution in [0.5, 0.6) is 34.5 Å². The molecule has 0 saturated heterocycles. The summed E-state index contributed by atoms with van der Waals surface area (Å²) in [6.07, 6.45) is 0. The Labute approximate surface area is 481 Å². The van der Waals surface area contributed by atoms with Gasteiger partial charge in [-0.15, -0.1) is 0 Å². The molecule has 13 nitrogen and oxygen atoms in total. The van der Waals surface area contributed by atoms with Crippen LogP contribution in [0, 0.1) is 13.8 Å². The van der Waals surface area contributed by atoms with Gasteiger partial charge in [0.1, 0.15) is 11.5 Å². The third-order valence-electron chi connectivity index (χ3n) is 15.2. The summed E-state index contributed by atoms with van der Waals surface area (Å²) in [5, 5.41) is 19.8. The van der Waals surface area contributed by atoms with Crippen molar-refractivity contribution in [2.24, 2.45) is 5.73 Å². The van der Waals surface area contributed by atoms with E-state index in [1.807, 2.05) is 94.4 Å². The molecule has 0 radical (unpaired) electrons. The lowest BCUT2D eigenvalue weighted by Crippen LogP contribution is -2.67. The molecule has 3 atom stereocenters. The number of aliphatic hydroxyl groups is 1. The third-order valence-corrected chi connectivity index (χ3v) is 25.2. The molecule has 2 aliphatic heterocycles. The zero-order chi connectivity index (χ0) is 58.0. The van der Waals surface area contributed by atoms with Gasteiger partial charge in [-0.3, -0.25) is 5.32 Å². The second-order valence-corrected chi connectivity index (χ2v) is 31.8. The Morgan fingerprint density at radius 1 is 0.506 bits per heavy atom. The minimum absolute atomic E-state index is 0.0902. The lowest BCUT2D eigenvalue weighted by atomic mass is 9.90. The lowest BCUT2D eigenvalue weighted by molar-refractivity contribution is 0.0286. The maximum absolute atomic E-state index is 11.6. The van der Waals surface area contributed by atoms with Crippen molar-refractivity contribution in [3.05, 3.63) is 192 Å². The molecule has 7 aromatic carbocycles. The molecule has 4 N–H and O–H groups in total. The number of ether oxygens (including phenoxy) is 8. The largest absolute Gasteiger partial charge is 0.467 e. The maximum atomic E-state index is 11.6. The lowest BCUT2D eigenvalue weighted by Gasteiger charge is -2.44. The third kappa shape index (κ3) is 13.1. The molecule has 81 heavy (non-hydrogen) atoms. The highest BCUT2D eigenvalue weighted by molar-refractivity contribution is 7.00. The second-order valence-electron chi connectivity index (χ2n) is 23.2. The van der Waals surface area contributed by atoms with Gasteiger partial charge in [0.25, 0.3) is 16.6 Å². The van der Waals surface area contributed by atoms with Crippen molar-refractivity contribution in [1.82, 2.24) is 5.32 Å². The first-order valence-corrected chi connectivity index (χ1v) is 31.5. The van der Waals surface area contributed by atoms with Gasteiger partial charge >= 0.3 is 0 Å². The molecule has 15 heteroatoms. The van der Waals surface area contributed by atoms with E-state index in [-0.39, 0.29) is 43.9 Å². The Balaban J connectivity index is 0.000000220. The van der Waals surface area contributed by atoms with Gasteiger partial charge in [0.2, 0.25) is 13.6 Å². The molecule has 9 rings (SSSR count). The molecule has 2 unspecified atom stereocenters. The van der Waals surface area contributed by atoms with E-state index in [2.05, 4.69) is 144 Å². The summed E-state index contributed by atoms with van der Waals surface area (Å²) in [5.74, 6) is 3.90. The molecular weight excluding hydrogens is 1050 g/mol. The number of nitrogens with one attached hydrogen (secondary N) is 1. The van der Waals surface area contributed by atoms with Crippen molar-refractivity contribution >= 4 is 37.4 Å². The SMILES string of the molecule is COCOc1cc(C(CO[Si](c2ccccc2)(c2ccccc2)C(C)(C)C)N[C@H](c2ccccc2)C(C)(C)O)c2c(c1C)OCO2.COCOc1cc(C(N)CO[Si](c2ccccc2)(c2ccccc2)C(C)(C)C)c2c(c1C)OCO2. The number of fused-ring (bicyclic) bond motifs is 2. The molecule has 0 spiro atoms. The van der Waals surface area contributed by atoms with Gasteiger partial charge < -0.3 is 57.6 Å². The van der Waals surface area contributed by atoms with Crippen LogP contribution in [0.25, 0.3) is 0 Å². The predicted octanol–water partition coefficient (Wildman–Crippen LogP) is 10.7. The van der Waals surface area contributed by atoms with Gasteiger partial charge in [-0.2, -0.15) is 0 Å². The zero-order valence-electron chi connectivity index (χ0n) is 49.2. The second kappa shape index (κ2) is 26.2. The molecule has 430 valence electrons. The monoisotopic (exact) mass is 1130 g/mol. The number of hydrogen-bond acceptors (Lipinski definition) is 13. The molecule has 0 saturated carbocycles. The fourth-order valence-electron chi connectivity index (χ4n) is 11.3. The van der Waals surface area contributed by atoms with Crippen molar-refractivity contribution < 1.29 is 51.9 Å². The average Bonchev–Trinajstić information content (AvgIpc) is 4.26. The fourth-order valence-corrected chi connectivity index (χ4v) is 20.5. The van der Waals surface area contributed by atoms with Crippen molar-refractivity contribution in [2.45, 2.75) is 103 Å². The normalized spacial score (nSPS) is 14.4. The molecule has 0 amide bonds. The highest BCUT2D eigenvalue weighted by Gasteiger charge is 2.52. The maximum Gasteiger partial charge on any atom is 0.261 e. The topological polar surface area (TPSA) is 151 Å². The van der Waals surface area contributed by atoms with E-state index in [0.29, 0.717) is 41.1 Å². The van der Waals surface area contributed by atoms with Crippen LogP contribution < -0.4 is 60.2 Å². The van der Waals surface area contributed by atoms with Crippen LogP contribution in [0.3, 0.4) is 0 Å². The van der Waals surface area contributed by atoms with E-state index in [0.717, 1.165) is 27.8 Å². The summed E-state index contributed by atoms with van der Waals surface area (Å²) in [4.78, 5) is 0. The summed E-state index contributed by atoms with van der Waals surface area (Å²) in [6.45, 7) is 22.2. The minimum atomic E-state index is -2.92. The highest BCUT2D eigenvalue weighted by atomic mass is 28.4. The zero-order valence-corrected chi connectivity index (χ0v) is 51.2. The van der Waals surface area contributed by atoms with Crippen molar-refractivity contribution in [3.8, 4) is 34.5 Å². The van der Waals surface area contributed by atoms with E-state index in [4.69, 9.17) is 52.5 Å². The molecule has 2 aliphatic rings. The number of hydrogen-bond donors (Lipinski definition) is 3. The molecule has 0 fully saturated rings. The van der Waals surface area contributed by atoms with Gasteiger partial charge in [0.05, 0.1) is 36.9 Å². The summed E-state index contributed by atoms with van der Waals surface area (Å²) >= 11 is 0. The summed E-state index contributed by atoms with van der Waals surface area (Å²) in [5.41, 5.74) is 9.96. The molecule has 7 aromatic rings. The summed E-state index contributed by atoms with van der Waals surface area (Å²) < 4.78 is 60.4. The quantitative estimate of drug-likeness (QED) is 0.0437. The minimum Gasteiger partial charge on any atom is -0.467 e. The highest BCUT2D eigenvalue weighted by Crippen LogP contribution is 2.49. The van der Waals surface area contributed by atoms with Crippen molar-refractivity contribution in [3.63, 3.8) is 0 Å². The van der Waals surface area contributed by atoms with Crippen LogP contribution in [-0.4, -0.2) is 81.9 Å². The van der Waals surface area contributed by atoms with Crippen LogP contribution in [0.4, 0.5) is 0 Å². The van der Waals surface area contributed by atoms with Crippen molar-refractivity contribution in [2.75, 3.05) is 54.6 Å². The number of rotatable bonds is 22.